The molecular formula is C18H22N4O3. The average Bonchev–Trinajstić information content (AvgIpc) is 2.68. The van der Waals surface area contributed by atoms with Crippen molar-refractivity contribution in [1.29, 1.82) is 0 Å². The summed E-state index contributed by atoms with van der Waals surface area (Å²) in [5, 5.41) is 2.60. The Morgan fingerprint density at radius 2 is 1.76 bits per heavy atom. The molecule has 0 spiro atoms. The summed E-state index contributed by atoms with van der Waals surface area (Å²) in [4.78, 5) is 20.2. The van der Waals surface area contributed by atoms with Crippen molar-refractivity contribution in [3.8, 4) is 5.75 Å². The zero-order valence-electron chi connectivity index (χ0n) is 14.4. The normalized spacial score (nSPS) is 14.2. The van der Waals surface area contributed by atoms with E-state index in [2.05, 4.69) is 30.9 Å². The maximum atomic E-state index is 11.2. The lowest BCUT2D eigenvalue weighted by Crippen LogP contribution is -2.46. The number of benzene rings is 1. The molecule has 132 valence electrons. The van der Waals surface area contributed by atoms with Gasteiger partial charge in [0.15, 0.2) is 0 Å². The molecule has 1 aliphatic rings. The highest BCUT2D eigenvalue weighted by Crippen LogP contribution is 2.29. The van der Waals surface area contributed by atoms with Gasteiger partial charge in [-0.3, -0.25) is 5.32 Å². The second-order valence-electron chi connectivity index (χ2n) is 5.67. The monoisotopic (exact) mass is 342 g/mol. The molecule has 1 N–H and O–H groups in total. The van der Waals surface area contributed by atoms with E-state index in [1.54, 1.807) is 13.3 Å². The van der Waals surface area contributed by atoms with Gasteiger partial charge in [0, 0.05) is 26.2 Å². The molecule has 1 amide bonds. The van der Waals surface area contributed by atoms with E-state index in [1.165, 1.54) is 7.11 Å². The van der Waals surface area contributed by atoms with Crippen molar-refractivity contribution in [3.63, 3.8) is 0 Å². The van der Waals surface area contributed by atoms with Crippen molar-refractivity contribution in [3.05, 3.63) is 42.6 Å². The minimum Gasteiger partial charge on any atom is -0.495 e. The van der Waals surface area contributed by atoms with Crippen LogP contribution in [0.2, 0.25) is 0 Å². The molecule has 0 saturated carbocycles. The van der Waals surface area contributed by atoms with Crippen LogP contribution in [0.5, 0.6) is 5.75 Å². The second-order valence-corrected chi connectivity index (χ2v) is 5.67. The number of aromatic nitrogens is 1. The van der Waals surface area contributed by atoms with Crippen molar-refractivity contribution < 1.29 is 14.3 Å². The predicted octanol–water partition coefficient (Wildman–Crippen LogP) is 2.60. The fourth-order valence-electron chi connectivity index (χ4n) is 2.88. The Kier molecular flexibility index (Phi) is 5.23. The lowest BCUT2D eigenvalue weighted by molar-refractivity contribution is 0.187. The molecule has 3 rings (SSSR count). The Hall–Kier alpha value is -2.96. The summed E-state index contributed by atoms with van der Waals surface area (Å²) in [6.45, 7) is 3.53. The van der Waals surface area contributed by atoms with E-state index in [0.29, 0.717) is 5.69 Å². The molecule has 0 unspecified atom stereocenters. The topological polar surface area (TPSA) is 66.9 Å². The van der Waals surface area contributed by atoms with E-state index < -0.39 is 6.09 Å². The van der Waals surface area contributed by atoms with Crippen LogP contribution in [0.4, 0.5) is 22.0 Å². The predicted molar refractivity (Wildman–Crippen MR) is 97.7 cm³/mol. The Bertz CT molecular complexity index is 713. The van der Waals surface area contributed by atoms with Crippen molar-refractivity contribution in [2.45, 2.75) is 0 Å². The van der Waals surface area contributed by atoms with Gasteiger partial charge in [-0.25, -0.2) is 9.78 Å². The molecule has 0 bridgehead atoms. The number of anilines is 3. The Balaban J connectivity index is 1.61. The van der Waals surface area contributed by atoms with Crippen molar-refractivity contribution in [2.24, 2.45) is 0 Å². The number of nitrogens with zero attached hydrogens (tertiary/aromatic N) is 3. The first kappa shape index (κ1) is 16.9. The molecule has 1 aromatic carbocycles. The van der Waals surface area contributed by atoms with Crippen molar-refractivity contribution in [2.75, 3.05) is 55.5 Å². The lowest BCUT2D eigenvalue weighted by atomic mass is 10.2. The van der Waals surface area contributed by atoms with E-state index in [1.807, 2.05) is 30.3 Å². The van der Waals surface area contributed by atoms with E-state index in [4.69, 9.17) is 4.74 Å². The summed E-state index contributed by atoms with van der Waals surface area (Å²) < 4.78 is 10.0. The zero-order valence-corrected chi connectivity index (χ0v) is 14.4. The van der Waals surface area contributed by atoms with E-state index in [0.717, 1.165) is 43.4 Å². The number of carbonyl (C=O) groups is 1. The molecular weight excluding hydrogens is 320 g/mol. The van der Waals surface area contributed by atoms with Gasteiger partial charge in [0.25, 0.3) is 0 Å². The molecule has 2 aromatic rings. The van der Waals surface area contributed by atoms with Crippen LogP contribution in [0.25, 0.3) is 0 Å². The average molecular weight is 342 g/mol. The van der Waals surface area contributed by atoms with Crippen LogP contribution in [0, 0.1) is 0 Å². The summed E-state index contributed by atoms with van der Waals surface area (Å²) in [5.41, 5.74) is 1.73. The van der Waals surface area contributed by atoms with Crippen LogP contribution in [-0.2, 0) is 4.74 Å². The molecule has 2 heterocycles. The summed E-state index contributed by atoms with van der Waals surface area (Å²) in [5.74, 6) is 1.79. The number of methoxy groups -OCH3 is 2. The molecule has 0 radical (unpaired) electrons. The number of amides is 1. The SMILES string of the molecule is COC(=O)Nc1ccc(N2CCN(c3ccccc3OC)CC2)nc1. The number of rotatable bonds is 4. The fraction of sp³-hybridized carbons (Fsp3) is 0.333. The summed E-state index contributed by atoms with van der Waals surface area (Å²) in [6, 6.07) is 11.8. The highest BCUT2D eigenvalue weighted by molar-refractivity contribution is 5.84. The molecule has 1 aromatic heterocycles. The first-order valence-corrected chi connectivity index (χ1v) is 8.15. The summed E-state index contributed by atoms with van der Waals surface area (Å²) in [6.07, 6.45) is 1.14. The molecule has 1 aliphatic heterocycles. The van der Waals surface area contributed by atoms with Gasteiger partial charge in [0.2, 0.25) is 0 Å². The fourth-order valence-corrected chi connectivity index (χ4v) is 2.88. The summed E-state index contributed by atoms with van der Waals surface area (Å²) in [7, 11) is 3.03. The van der Waals surface area contributed by atoms with Crippen molar-refractivity contribution >= 4 is 23.3 Å². The molecule has 7 nitrogen and oxygen atoms in total. The molecule has 0 atom stereocenters. The van der Waals surface area contributed by atoms with Gasteiger partial charge in [0.05, 0.1) is 31.8 Å². The minimum atomic E-state index is -0.500. The highest BCUT2D eigenvalue weighted by atomic mass is 16.5. The van der Waals surface area contributed by atoms with Gasteiger partial charge in [0.1, 0.15) is 11.6 Å². The Morgan fingerprint density at radius 1 is 1.04 bits per heavy atom. The number of pyridine rings is 1. The summed E-state index contributed by atoms with van der Waals surface area (Å²) >= 11 is 0. The molecule has 25 heavy (non-hydrogen) atoms. The zero-order chi connectivity index (χ0) is 17.6. The van der Waals surface area contributed by atoms with Crippen LogP contribution >= 0.6 is 0 Å². The van der Waals surface area contributed by atoms with Crippen LogP contribution in [-0.4, -0.2) is 51.5 Å². The third-order valence-corrected chi connectivity index (χ3v) is 4.21. The number of hydrogen-bond donors (Lipinski definition) is 1. The van der Waals surface area contributed by atoms with E-state index in [-0.39, 0.29) is 0 Å². The Morgan fingerprint density at radius 3 is 2.40 bits per heavy atom. The molecule has 1 fully saturated rings. The number of nitrogens with one attached hydrogen (secondary N) is 1. The lowest BCUT2D eigenvalue weighted by Gasteiger charge is -2.37. The second kappa shape index (κ2) is 7.74. The smallest absolute Gasteiger partial charge is 0.411 e. The highest BCUT2D eigenvalue weighted by Gasteiger charge is 2.20. The maximum Gasteiger partial charge on any atom is 0.411 e. The number of piperazine rings is 1. The number of hydrogen-bond acceptors (Lipinski definition) is 6. The quantitative estimate of drug-likeness (QED) is 0.921. The number of ether oxygens (including phenoxy) is 2. The minimum absolute atomic E-state index is 0.500. The van der Waals surface area contributed by atoms with Crippen LogP contribution in [0.3, 0.4) is 0 Å². The standard InChI is InChI=1S/C18H22N4O3/c1-24-16-6-4-3-5-15(16)21-9-11-22(12-10-21)17-8-7-14(13-19-17)20-18(23)25-2/h3-8,13H,9-12H2,1-2H3,(H,20,23). The van der Waals surface area contributed by atoms with Crippen LogP contribution in [0.1, 0.15) is 0 Å². The van der Waals surface area contributed by atoms with Crippen LogP contribution in [0.15, 0.2) is 42.6 Å². The van der Waals surface area contributed by atoms with Gasteiger partial charge >= 0.3 is 6.09 Å². The number of carbonyl (C=O) groups excluding carboxylic acids is 1. The van der Waals surface area contributed by atoms with Gasteiger partial charge < -0.3 is 19.3 Å². The Labute approximate surface area is 147 Å². The van der Waals surface area contributed by atoms with Gasteiger partial charge in [-0.15, -0.1) is 0 Å². The first-order chi connectivity index (χ1) is 12.2. The first-order valence-electron chi connectivity index (χ1n) is 8.15. The molecule has 0 aliphatic carbocycles. The van der Waals surface area contributed by atoms with Gasteiger partial charge in [-0.05, 0) is 24.3 Å². The van der Waals surface area contributed by atoms with E-state index in [9.17, 15) is 4.79 Å². The van der Waals surface area contributed by atoms with E-state index >= 15 is 0 Å². The third-order valence-electron chi connectivity index (χ3n) is 4.21. The largest absolute Gasteiger partial charge is 0.495 e. The maximum absolute atomic E-state index is 11.2. The molecule has 1 saturated heterocycles. The molecule has 7 heteroatoms. The van der Waals surface area contributed by atoms with Crippen molar-refractivity contribution in [1.82, 2.24) is 4.98 Å². The van der Waals surface area contributed by atoms with Crippen LogP contribution < -0.4 is 19.9 Å². The van der Waals surface area contributed by atoms with Gasteiger partial charge in [-0.1, -0.05) is 12.1 Å². The van der Waals surface area contributed by atoms with Gasteiger partial charge in [-0.2, -0.15) is 0 Å². The number of para-hydroxylation sites is 2. The third kappa shape index (κ3) is 3.93.